The van der Waals surface area contributed by atoms with Gasteiger partial charge in [0.2, 0.25) is 6.10 Å². The SMILES string of the molecule is O=C(NCCCOc1cccc2cccnc12)C1CC(c2cccc(F)c2)=NO1. The molecule has 0 aliphatic carbocycles. The van der Waals surface area contributed by atoms with Gasteiger partial charge in [0.1, 0.15) is 17.1 Å². The normalized spacial score (nSPS) is 15.6. The minimum Gasteiger partial charge on any atom is -0.491 e. The molecule has 2 aromatic carbocycles. The molecule has 6 nitrogen and oxygen atoms in total. The minimum absolute atomic E-state index is 0.244. The Balaban J connectivity index is 1.21. The van der Waals surface area contributed by atoms with Gasteiger partial charge < -0.3 is 14.9 Å². The molecule has 1 unspecified atom stereocenters. The molecule has 148 valence electrons. The summed E-state index contributed by atoms with van der Waals surface area (Å²) in [6.07, 6.45) is 1.99. The van der Waals surface area contributed by atoms with Crippen LogP contribution >= 0.6 is 0 Å². The summed E-state index contributed by atoms with van der Waals surface area (Å²) in [6, 6.07) is 15.7. The maximum Gasteiger partial charge on any atom is 0.264 e. The van der Waals surface area contributed by atoms with Crippen LogP contribution in [0.2, 0.25) is 0 Å². The molecule has 29 heavy (non-hydrogen) atoms. The lowest BCUT2D eigenvalue weighted by atomic mass is 10.0. The average Bonchev–Trinajstić information content (AvgIpc) is 3.24. The number of oxime groups is 1. The average molecular weight is 393 g/mol. The van der Waals surface area contributed by atoms with Crippen molar-refractivity contribution in [3.8, 4) is 5.75 Å². The number of fused-ring (bicyclic) bond motifs is 1. The molecule has 3 aromatic rings. The predicted molar refractivity (Wildman–Crippen MR) is 107 cm³/mol. The molecule has 0 saturated carbocycles. The summed E-state index contributed by atoms with van der Waals surface area (Å²) >= 11 is 0. The molecule has 0 fully saturated rings. The highest BCUT2D eigenvalue weighted by molar-refractivity contribution is 6.04. The zero-order chi connectivity index (χ0) is 20.1. The van der Waals surface area contributed by atoms with Gasteiger partial charge in [-0.05, 0) is 30.7 Å². The molecular weight excluding hydrogens is 373 g/mol. The van der Waals surface area contributed by atoms with Crippen LogP contribution < -0.4 is 10.1 Å². The molecule has 0 saturated heterocycles. The summed E-state index contributed by atoms with van der Waals surface area (Å²) in [5.41, 5.74) is 2.01. The van der Waals surface area contributed by atoms with Crippen molar-refractivity contribution < 1.29 is 18.8 Å². The maximum atomic E-state index is 13.3. The molecule has 0 spiro atoms. The van der Waals surface area contributed by atoms with Gasteiger partial charge in [-0.15, -0.1) is 0 Å². The Labute approximate surface area is 167 Å². The van der Waals surface area contributed by atoms with E-state index in [1.54, 1.807) is 18.3 Å². The monoisotopic (exact) mass is 393 g/mol. The van der Waals surface area contributed by atoms with Crippen LogP contribution in [0, 0.1) is 5.82 Å². The number of hydrogen-bond donors (Lipinski definition) is 1. The number of ether oxygens (including phenoxy) is 1. The number of amides is 1. The van der Waals surface area contributed by atoms with Gasteiger partial charge in [0.15, 0.2) is 0 Å². The fourth-order valence-electron chi connectivity index (χ4n) is 3.13. The van der Waals surface area contributed by atoms with Crippen molar-refractivity contribution in [2.75, 3.05) is 13.2 Å². The second-order valence-corrected chi connectivity index (χ2v) is 6.67. The molecular formula is C22H20FN3O3. The van der Waals surface area contributed by atoms with Crippen molar-refractivity contribution in [1.29, 1.82) is 0 Å². The second-order valence-electron chi connectivity index (χ2n) is 6.67. The largest absolute Gasteiger partial charge is 0.491 e. The number of para-hydroxylation sites is 1. The van der Waals surface area contributed by atoms with E-state index in [9.17, 15) is 9.18 Å². The third-order valence-corrected chi connectivity index (χ3v) is 4.59. The van der Waals surface area contributed by atoms with E-state index in [0.29, 0.717) is 37.3 Å². The van der Waals surface area contributed by atoms with Gasteiger partial charge in [-0.3, -0.25) is 9.78 Å². The molecule has 1 aliphatic rings. The molecule has 1 amide bonds. The summed E-state index contributed by atoms with van der Waals surface area (Å²) < 4.78 is 19.1. The smallest absolute Gasteiger partial charge is 0.264 e. The molecule has 1 aromatic heterocycles. The lowest BCUT2D eigenvalue weighted by Crippen LogP contribution is -2.35. The van der Waals surface area contributed by atoms with Crippen LogP contribution in [0.3, 0.4) is 0 Å². The van der Waals surface area contributed by atoms with Crippen molar-refractivity contribution >= 4 is 22.5 Å². The maximum absolute atomic E-state index is 13.3. The van der Waals surface area contributed by atoms with Gasteiger partial charge in [0, 0.05) is 30.1 Å². The van der Waals surface area contributed by atoms with Crippen LogP contribution in [0.15, 0.2) is 65.9 Å². The molecule has 2 heterocycles. The van der Waals surface area contributed by atoms with Crippen LogP contribution in [0.25, 0.3) is 10.9 Å². The van der Waals surface area contributed by atoms with Crippen LogP contribution in [-0.4, -0.2) is 35.9 Å². The lowest BCUT2D eigenvalue weighted by Gasteiger charge is -2.11. The number of benzene rings is 2. The van der Waals surface area contributed by atoms with Gasteiger partial charge in [-0.25, -0.2) is 4.39 Å². The van der Waals surface area contributed by atoms with E-state index >= 15 is 0 Å². The molecule has 1 N–H and O–H groups in total. The number of pyridine rings is 1. The van der Waals surface area contributed by atoms with Crippen molar-refractivity contribution in [2.45, 2.75) is 18.9 Å². The molecule has 1 aliphatic heterocycles. The molecule has 7 heteroatoms. The van der Waals surface area contributed by atoms with E-state index in [1.165, 1.54) is 12.1 Å². The van der Waals surface area contributed by atoms with Crippen LogP contribution in [0.5, 0.6) is 5.75 Å². The van der Waals surface area contributed by atoms with Gasteiger partial charge in [0.25, 0.3) is 5.91 Å². The summed E-state index contributed by atoms with van der Waals surface area (Å²) in [5, 5.41) is 7.76. The molecule has 4 rings (SSSR count). The topological polar surface area (TPSA) is 72.8 Å². The van der Waals surface area contributed by atoms with Gasteiger partial charge >= 0.3 is 0 Å². The zero-order valence-electron chi connectivity index (χ0n) is 15.7. The summed E-state index contributed by atoms with van der Waals surface area (Å²) in [5.74, 6) is 0.133. The first-order valence-corrected chi connectivity index (χ1v) is 9.43. The summed E-state index contributed by atoms with van der Waals surface area (Å²) in [6.45, 7) is 0.902. The third kappa shape index (κ3) is 4.51. The number of halogens is 1. The van der Waals surface area contributed by atoms with Crippen LogP contribution in [-0.2, 0) is 9.63 Å². The Morgan fingerprint density at radius 2 is 2.07 bits per heavy atom. The standard InChI is InChI=1S/C22H20FN3O3/c23-17-8-1-6-16(13-17)18-14-20(29-26-18)22(27)25-11-4-12-28-19-9-2-5-15-7-3-10-24-21(15)19/h1-3,5-10,13,20H,4,11-12,14H2,(H,25,27). The van der Waals surface area contributed by atoms with E-state index < -0.39 is 6.10 Å². The fraction of sp³-hybridized carbons (Fsp3) is 0.227. The molecule has 1 atom stereocenters. The van der Waals surface area contributed by atoms with Gasteiger partial charge in [-0.1, -0.05) is 35.5 Å². The minimum atomic E-state index is -0.698. The third-order valence-electron chi connectivity index (χ3n) is 4.59. The Morgan fingerprint density at radius 3 is 2.97 bits per heavy atom. The van der Waals surface area contributed by atoms with E-state index in [1.807, 2.05) is 30.3 Å². The van der Waals surface area contributed by atoms with Crippen molar-refractivity contribution in [2.24, 2.45) is 5.16 Å². The predicted octanol–water partition coefficient (Wildman–Crippen LogP) is 3.45. The summed E-state index contributed by atoms with van der Waals surface area (Å²) in [7, 11) is 0. The van der Waals surface area contributed by atoms with E-state index in [2.05, 4.69) is 15.5 Å². The van der Waals surface area contributed by atoms with Gasteiger partial charge in [0.05, 0.1) is 12.3 Å². The van der Waals surface area contributed by atoms with Crippen molar-refractivity contribution in [3.05, 3.63) is 72.2 Å². The Hall–Kier alpha value is -3.48. The summed E-state index contributed by atoms with van der Waals surface area (Å²) in [4.78, 5) is 21.8. The van der Waals surface area contributed by atoms with Crippen LogP contribution in [0.4, 0.5) is 4.39 Å². The number of carbonyl (C=O) groups is 1. The highest BCUT2D eigenvalue weighted by Gasteiger charge is 2.28. The number of aromatic nitrogens is 1. The van der Waals surface area contributed by atoms with Gasteiger partial charge in [-0.2, -0.15) is 0 Å². The first kappa shape index (κ1) is 18.9. The molecule has 0 radical (unpaired) electrons. The molecule has 0 bridgehead atoms. The first-order valence-electron chi connectivity index (χ1n) is 9.43. The van der Waals surface area contributed by atoms with Crippen LogP contribution in [0.1, 0.15) is 18.4 Å². The van der Waals surface area contributed by atoms with Crippen molar-refractivity contribution in [1.82, 2.24) is 10.3 Å². The lowest BCUT2D eigenvalue weighted by molar-refractivity contribution is -0.131. The van der Waals surface area contributed by atoms with Crippen molar-refractivity contribution in [3.63, 3.8) is 0 Å². The first-order chi connectivity index (χ1) is 14.2. The highest BCUT2D eigenvalue weighted by Crippen LogP contribution is 2.23. The highest BCUT2D eigenvalue weighted by atomic mass is 19.1. The van der Waals surface area contributed by atoms with E-state index in [-0.39, 0.29) is 11.7 Å². The number of carbonyl (C=O) groups excluding carboxylic acids is 1. The van der Waals surface area contributed by atoms with E-state index in [4.69, 9.17) is 9.57 Å². The zero-order valence-corrected chi connectivity index (χ0v) is 15.7. The van der Waals surface area contributed by atoms with E-state index in [0.717, 1.165) is 16.7 Å². The number of rotatable bonds is 7. The second kappa shape index (κ2) is 8.68. The Bertz CT molecular complexity index is 1050. The number of nitrogens with zero attached hydrogens (tertiary/aromatic N) is 2. The fourth-order valence-corrected chi connectivity index (χ4v) is 3.13. The Morgan fingerprint density at radius 1 is 1.21 bits per heavy atom. The Kier molecular flexibility index (Phi) is 5.65. The number of hydrogen-bond acceptors (Lipinski definition) is 5. The quantitative estimate of drug-likeness (QED) is 0.624. The number of nitrogens with one attached hydrogen (secondary N) is 1.